The van der Waals surface area contributed by atoms with Gasteiger partial charge in [-0.3, -0.25) is 9.89 Å². The maximum atomic E-state index is 6.55. The summed E-state index contributed by atoms with van der Waals surface area (Å²) in [5.74, 6) is 0.964. The number of benzene rings is 2. The molecule has 4 unspecified atom stereocenters. The van der Waals surface area contributed by atoms with Gasteiger partial charge in [-0.25, -0.2) is 0 Å². The van der Waals surface area contributed by atoms with Crippen LogP contribution in [0.3, 0.4) is 0 Å². The van der Waals surface area contributed by atoms with Gasteiger partial charge in [0.15, 0.2) is 0 Å². The van der Waals surface area contributed by atoms with Gasteiger partial charge in [0.05, 0.1) is 18.4 Å². The van der Waals surface area contributed by atoms with E-state index in [0.29, 0.717) is 18.7 Å². The fourth-order valence-corrected chi connectivity index (χ4v) is 7.63. The smallest absolute Gasteiger partial charge is 0.0778 e. The molecule has 0 aromatic heterocycles. The number of nitrogens with zero attached hydrogens (tertiary/aromatic N) is 2. The van der Waals surface area contributed by atoms with Crippen molar-refractivity contribution in [2.45, 2.75) is 117 Å². The quantitative estimate of drug-likeness (QED) is 0.329. The van der Waals surface area contributed by atoms with Gasteiger partial charge in [0, 0.05) is 42.1 Å². The molecule has 0 spiro atoms. The highest BCUT2D eigenvalue weighted by molar-refractivity contribution is 6.22. The molecule has 2 aliphatic heterocycles. The van der Waals surface area contributed by atoms with E-state index in [1.54, 1.807) is 0 Å². The molecule has 0 saturated heterocycles. The van der Waals surface area contributed by atoms with E-state index in [0.717, 1.165) is 36.8 Å². The molecule has 2 aromatic rings. The number of allylic oxidation sites excluding steroid dienone is 3. The summed E-state index contributed by atoms with van der Waals surface area (Å²) in [6.07, 6.45) is 12.1. The first-order valence-electron chi connectivity index (χ1n) is 16.9. The minimum absolute atomic E-state index is 0.0241. The van der Waals surface area contributed by atoms with Gasteiger partial charge in [0.2, 0.25) is 0 Å². The Morgan fingerprint density at radius 3 is 2.63 bits per heavy atom. The van der Waals surface area contributed by atoms with Gasteiger partial charge in [-0.05, 0) is 83.6 Å². The van der Waals surface area contributed by atoms with Gasteiger partial charge in [-0.1, -0.05) is 104 Å². The SMILES string of the molecule is C=C1C2=NC3/C=C/CN(C(C)CCC(C)CC)[C@@H](C)CCOCC3c3cc4ccccc4c(c32)C(C)(C)/C1=C/C(C)(C)C. The third kappa shape index (κ3) is 6.36. The maximum absolute atomic E-state index is 6.55. The maximum Gasteiger partial charge on any atom is 0.0778 e. The van der Waals surface area contributed by atoms with Crippen LogP contribution in [0.1, 0.15) is 111 Å². The van der Waals surface area contributed by atoms with Crippen molar-refractivity contribution in [1.82, 2.24) is 4.90 Å². The van der Waals surface area contributed by atoms with E-state index in [9.17, 15) is 0 Å². The van der Waals surface area contributed by atoms with Crippen LogP contribution in [0.25, 0.3) is 10.8 Å². The summed E-state index contributed by atoms with van der Waals surface area (Å²) in [5, 5.41) is 2.63. The molecule has 0 radical (unpaired) electrons. The molecule has 0 N–H and O–H groups in total. The Bertz CT molecular complexity index is 1430. The van der Waals surface area contributed by atoms with Crippen LogP contribution in [0, 0.1) is 11.3 Å². The zero-order valence-electron chi connectivity index (χ0n) is 28.5. The summed E-state index contributed by atoms with van der Waals surface area (Å²) < 4.78 is 6.55. The van der Waals surface area contributed by atoms with E-state index < -0.39 is 0 Å². The monoisotopic (exact) mass is 580 g/mol. The van der Waals surface area contributed by atoms with E-state index >= 15 is 0 Å². The first-order valence-corrected chi connectivity index (χ1v) is 16.9. The minimum Gasteiger partial charge on any atom is -0.381 e. The van der Waals surface area contributed by atoms with E-state index in [1.165, 1.54) is 52.3 Å². The summed E-state index contributed by atoms with van der Waals surface area (Å²) in [5.41, 5.74) is 7.40. The molecule has 3 aliphatic rings. The molecule has 0 bridgehead atoms. The standard InChI is InChI=1S/C40H56N2O/c1-11-26(2)18-19-27(3)42-21-14-17-35-33(25-43-22-20-28(42)4)32-23-30-15-12-13-16-31(30)37-36(32)38(41-35)29(5)34(40(37,9)10)24-39(6,7)8/h12-17,23-24,26-28,33,35H,5,11,18-22,25H2,1-4,6-10H3/b17-14+,34-24+/t26?,27?,28-,33?,35?/m0/s1. The average Bonchev–Trinajstić information content (AvgIpc) is 2.99. The van der Waals surface area contributed by atoms with E-state index in [1.807, 2.05) is 0 Å². The molecule has 3 heteroatoms. The molecule has 0 saturated carbocycles. The normalized spacial score (nSPS) is 27.6. The van der Waals surface area contributed by atoms with E-state index in [4.69, 9.17) is 16.3 Å². The largest absolute Gasteiger partial charge is 0.381 e. The Balaban J connectivity index is 1.61. The van der Waals surface area contributed by atoms with Crippen LogP contribution in [-0.4, -0.2) is 48.5 Å². The Morgan fingerprint density at radius 1 is 1.16 bits per heavy atom. The van der Waals surface area contributed by atoms with Crippen LogP contribution < -0.4 is 0 Å². The third-order valence-corrected chi connectivity index (χ3v) is 10.4. The predicted molar refractivity (Wildman–Crippen MR) is 186 cm³/mol. The molecule has 0 amide bonds. The second kappa shape index (κ2) is 12.5. The lowest BCUT2D eigenvalue weighted by Gasteiger charge is -2.44. The van der Waals surface area contributed by atoms with Crippen LogP contribution in [0.2, 0.25) is 0 Å². The summed E-state index contributed by atoms with van der Waals surface area (Å²) >= 11 is 0. The van der Waals surface area contributed by atoms with Crippen molar-refractivity contribution in [3.05, 3.63) is 83.0 Å². The second-order valence-corrected chi connectivity index (χ2v) is 15.3. The lowest BCUT2D eigenvalue weighted by molar-refractivity contribution is 0.0814. The van der Waals surface area contributed by atoms with Crippen LogP contribution in [0.5, 0.6) is 0 Å². The first-order chi connectivity index (χ1) is 20.3. The highest BCUT2D eigenvalue weighted by Crippen LogP contribution is 2.52. The molecule has 1 aliphatic carbocycles. The van der Waals surface area contributed by atoms with Gasteiger partial charge < -0.3 is 4.74 Å². The Hall–Kier alpha value is -2.49. The highest BCUT2D eigenvalue weighted by Gasteiger charge is 2.44. The fraction of sp³-hybridized carbons (Fsp3) is 0.575. The minimum atomic E-state index is -0.188. The Morgan fingerprint density at radius 2 is 1.91 bits per heavy atom. The zero-order valence-corrected chi connectivity index (χ0v) is 28.5. The van der Waals surface area contributed by atoms with E-state index in [2.05, 4.69) is 116 Å². The molecule has 232 valence electrons. The second-order valence-electron chi connectivity index (χ2n) is 15.3. The van der Waals surface area contributed by atoms with Gasteiger partial charge in [0.25, 0.3) is 0 Å². The Kier molecular flexibility index (Phi) is 9.27. The van der Waals surface area contributed by atoms with Crippen LogP contribution >= 0.6 is 0 Å². The highest BCUT2D eigenvalue weighted by atomic mass is 16.5. The average molecular weight is 581 g/mol. The fourth-order valence-electron chi connectivity index (χ4n) is 7.63. The van der Waals surface area contributed by atoms with Gasteiger partial charge in [-0.2, -0.15) is 0 Å². The van der Waals surface area contributed by atoms with Gasteiger partial charge in [0.1, 0.15) is 0 Å². The molecule has 0 fully saturated rings. The number of rotatable bonds is 5. The third-order valence-electron chi connectivity index (χ3n) is 10.4. The molecular formula is C40H56N2O. The van der Waals surface area contributed by atoms with Crippen LogP contribution in [0.4, 0.5) is 0 Å². The number of ether oxygens (including phenoxy) is 1. The molecule has 5 rings (SSSR count). The molecule has 5 atom stereocenters. The topological polar surface area (TPSA) is 24.8 Å². The van der Waals surface area contributed by atoms with Crippen molar-refractivity contribution in [1.29, 1.82) is 0 Å². The molecule has 43 heavy (non-hydrogen) atoms. The summed E-state index contributed by atoms with van der Waals surface area (Å²) in [7, 11) is 0. The lowest BCUT2D eigenvalue weighted by atomic mass is 9.61. The van der Waals surface area contributed by atoms with Crippen LogP contribution in [-0.2, 0) is 10.2 Å². The molecule has 3 nitrogen and oxygen atoms in total. The first kappa shape index (κ1) is 31.9. The number of aliphatic imine (C=N–C) groups is 1. The summed E-state index contributed by atoms with van der Waals surface area (Å²) in [6, 6.07) is 12.4. The van der Waals surface area contributed by atoms with Crippen molar-refractivity contribution in [2.24, 2.45) is 16.3 Å². The van der Waals surface area contributed by atoms with Crippen molar-refractivity contribution in [3.8, 4) is 0 Å². The molecule has 2 heterocycles. The summed E-state index contributed by atoms with van der Waals surface area (Å²) in [6.45, 7) is 28.3. The number of hydrogen-bond donors (Lipinski definition) is 0. The van der Waals surface area contributed by atoms with Crippen molar-refractivity contribution < 1.29 is 4.74 Å². The van der Waals surface area contributed by atoms with Gasteiger partial charge >= 0.3 is 0 Å². The zero-order chi connectivity index (χ0) is 31.1. The molecule has 2 aromatic carbocycles. The lowest BCUT2D eigenvalue weighted by Crippen LogP contribution is -2.41. The van der Waals surface area contributed by atoms with Crippen LogP contribution in [0.15, 0.2) is 71.3 Å². The Labute approximate surface area is 262 Å². The van der Waals surface area contributed by atoms with Crippen molar-refractivity contribution >= 4 is 16.5 Å². The van der Waals surface area contributed by atoms with Crippen molar-refractivity contribution in [2.75, 3.05) is 19.8 Å². The van der Waals surface area contributed by atoms with Gasteiger partial charge in [-0.15, -0.1) is 0 Å². The number of fused-ring (bicyclic) bond motifs is 4. The predicted octanol–water partition coefficient (Wildman–Crippen LogP) is 9.80. The van der Waals surface area contributed by atoms with Crippen molar-refractivity contribution in [3.63, 3.8) is 0 Å². The van der Waals surface area contributed by atoms with E-state index in [-0.39, 0.29) is 22.8 Å². The molecular weight excluding hydrogens is 524 g/mol. The number of hydrogen-bond acceptors (Lipinski definition) is 3. The summed E-state index contributed by atoms with van der Waals surface area (Å²) in [4.78, 5) is 8.25.